The molecule has 3 rings (SSSR count). The molecule has 1 aliphatic heterocycles. The number of ether oxygens (including phenoxy) is 1. The van der Waals surface area contributed by atoms with E-state index in [4.69, 9.17) is 4.74 Å². The Labute approximate surface area is 202 Å². The van der Waals surface area contributed by atoms with Crippen molar-refractivity contribution in [2.45, 2.75) is 46.0 Å². The van der Waals surface area contributed by atoms with E-state index in [0.717, 1.165) is 24.3 Å². The van der Waals surface area contributed by atoms with Crippen LogP contribution in [0.3, 0.4) is 0 Å². The molecule has 2 amide bonds. The first kappa shape index (κ1) is 25.3. The van der Waals surface area contributed by atoms with Crippen LogP contribution >= 0.6 is 0 Å². The van der Waals surface area contributed by atoms with Crippen LogP contribution in [-0.4, -0.2) is 55.5 Å². The van der Waals surface area contributed by atoms with E-state index in [2.05, 4.69) is 31.0 Å². The SMILES string of the molecule is CCOC(=O)CCC(=O)Nc1ccc(N2CCN(C(=O)c3ccc(C(C)(C)C)cc3)CC2)cc1. The van der Waals surface area contributed by atoms with E-state index in [1.54, 1.807) is 6.92 Å². The van der Waals surface area contributed by atoms with Crippen LogP contribution in [0.25, 0.3) is 0 Å². The van der Waals surface area contributed by atoms with Gasteiger partial charge in [-0.1, -0.05) is 32.9 Å². The Balaban J connectivity index is 1.49. The lowest BCUT2D eigenvalue weighted by molar-refractivity contribution is -0.144. The fourth-order valence-corrected chi connectivity index (χ4v) is 3.89. The fraction of sp³-hybridized carbons (Fsp3) is 0.444. The van der Waals surface area contributed by atoms with E-state index in [9.17, 15) is 14.4 Å². The molecule has 0 spiro atoms. The maximum atomic E-state index is 12.9. The highest BCUT2D eigenvalue weighted by Crippen LogP contribution is 2.23. The minimum atomic E-state index is -0.368. The van der Waals surface area contributed by atoms with Crippen LogP contribution in [0.2, 0.25) is 0 Å². The zero-order valence-corrected chi connectivity index (χ0v) is 20.6. The molecule has 182 valence electrons. The van der Waals surface area contributed by atoms with E-state index in [-0.39, 0.29) is 36.0 Å². The summed E-state index contributed by atoms with van der Waals surface area (Å²) in [5, 5.41) is 2.80. The smallest absolute Gasteiger partial charge is 0.306 e. The van der Waals surface area contributed by atoms with Gasteiger partial charge in [-0.05, 0) is 54.3 Å². The predicted octanol–water partition coefficient (Wildman–Crippen LogP) is 4.23. The largest absolute Gasteiger partial charge is 0.466 e. The number of piperazine rings is 1. The van der Waals surface area contributed by atoms with Gasteiger partial charge in [-0.15, -0.1) is 0 Å². The molecule has 7 heteroatoms. The van der Waals surface area contributed by atoms with Crippen LogP contribution in [0.15, 0.2) is 48.5 Å². The summed E-state index contributed by atoms with van der Waals surface area (Å²) in [4.78, 5) is 40.5. The van der Waals surface area contributed by atoms with E-state index in [1.165, 1.54) is 5.56 Å². The third kappa shape index (κ3) is 6.83. The molecule has 0 saturated carbocycles. The van der Waals surface area contributed by atoms with E-state index < -0.39 is 0 Å². The highest BCUT2D eigenvalue weighted by Gasteiger charge is 2.23. The highest BCUT2D eigenvalue weighted by molar-refractivity contribution is 5.94. The summed E-state index contributed by atoms with van der Waals surface area (Å²) >= 11 is 0. The fourth-order valence-electron chi connectivity index (χ4n) is 3.89. The molecule has 0 unspecified atom stereocenters. The van der Waals surface area contributed by atoms with Crippen molar-refractivity contribution in [3.63, 3.8) is 0 Å². The Bertz CT molecular complexity index is 986. The molecule has 1 saturated heterocycles. The van der Waals surface area contributed by atoms with Crippen molar-refractivity contribution in [2.75, 3.05) is 43.0 Å². The lowest BCUT2D eigenvalue weighted by Crippen LogP contribution is -2.48. The molecule has 0 aromatic heterocycles. The summed E-state index contributed by atoms with van der Waals surface area (Å²) in [6, 6.07) is 15.6. The molecule has 34 heavy (non-hydrogen) atoms. The minimum Gasteiger partial charge on any atom is -0.466 e. The lowest BCUT2D eigenvalue weighted by atomic mass is 9.86. The van der Waals surface area contributed by atoms with Crippen molar-refractivity contribution in [3.8, 4) is 0 Å². The molecular formula is C27H35N3O4. The molecule has 7 nitrogen and oxygen atoms in total. The van der Waals surface area contributed by atoms with Crippen molar-refractivity contribution in [3.05, 3.63) is 59.7 Å². The molecule has 2 aromatic carbocycles. The van der Waals surface area contributed by atoms with Crippen LogP contribution in [0.4, 0.5) is 11.4 Å². The lowest BCUT2D eigenvalue weighted by Gasteiger charge is -2.36. The number of amides is 2. The molecule has 1 N–H and O–H groups in total. The Hall–Kier alpha value is -3.35. The van der Waals surface area contributed by atoms with Gasteiger partial charge in [-0.2, -0.15) is 0 Å². The molecule has 0 atom stereocenters. The third-order valence-corrected chi connectivity index (χ3v) is 5.94. The van der Waals surface area contributed by atoms with Crippen LogP contribution in [0.1, 0.15) is 56.5 Å². The number of nitrogens with zero attached hydrogens (tertiary/aromatic N) is 2. The Kier molecular flexibility index (Phi) is 8.31. The van der Waals surface area contributed by atoms with Gasteiger partial charge >= 0.3 is 5.97 Å². The van der Waals surface area contributed by atoms with Gasteiger partial charge in [-0.3, -0.25) is 14.4 Å². The van der Waals surface area contributed by atoms with Gasteiger partial charge < -0.3 is 19.9 Å². The topological polar surface area (TPSA) is 79.0 Å². The highest BCUT2D eigenvalue weighted by atomic mass is 16.5. The number of hydrogen-bond donors (Lipinski definition) is 1. The summed E-state index contributed by atoms with van der Waals surface area (Å²) < 4.78 is 4.84. The minimum absolute atomic E-state index is 0.0637. The number of anilines is 2. The Morgan fingerprint density at radius 1 is 0.882 bits per heavy atom. The molecule has 1 fully saturated rings. The standard InChI is InChI=1S/C27H35N3O4/c1-5-34-25(32)15-14-24(31)28-22-10-12-23(13-11-22)29-16-18-30(19-17-29)26(33)20-6-8-21(9-7-20)27(2,3)4/h6-13H,5,14-19H2,1-4H3,(H,28,31). The van der Waals surface area contributed by atoms with Gasteiger partial charge in [0.25, 0.3) is 5.91 Å². The van der Waals surface area contributed by atoms with Gasteiger partial charge in [0.2, 0.25) is 5.91 Å². The summed E-state index contributed by atoms with van der Waals surface area (Å²) in [6.07, 6.45) is 0.164. The monoisotopic (exact) mass is 465 g/mol. The van der Waals surface area contributed by atoms with Gasteiger partial charge in [0, 0.05) is 49.5 Å². The zero-order chi connectivity index (χ0) is 24.7. The first-order valence-corrected chi connectivity index (χ1v) is 11.9. The summed E-state index contributed by atoms with van der Waals surface area (Å²) in [5.74, 6) is -0.517. The second-order valence-electron chi connectivity index (χ2n) is 9.51. The van der Waals surface area contributed by atoms with Crippen molar-refractivity contribution < 1.29 is 19.1 Å². The summed E-state index contributed by atoms with van der Waals surface area (Å²) in [5.41, 5.74) is 3.74. The van der Waals surface area contributed by atoms with Crippen LogP contribution in [-0.2, 0) is 19.7 Å². The van der Waals surface area contributed by atoms with Crippen molar-refractivity contribution in [1.82, 2.24) is 4.90 Å². The number of carbonyl (C=O) groups is 3. The van der Waals surface area contributed by atoms with Gasteiger partial charge in [0.1, 0.15) is 0 Å². The quantitative estimate of drug-likeness (QED) is 0.619. The van der Waals surface area contributed by atoms with Crippen LogP contribution in [0.5, 0.6) is 0 Å². The number of carbonyl (C=O) groups excluding carboxylic acids is 3. The number of benzene rings is 2. The van der Waals surface area contributed by atoms with E-state index >= 15 is 0 Å². The third-order valence-electron chi connectivity index (χ3n) is 5.94. The zero-order valence-electron chi connectivity index (χ0n) is 20.6. The number of nitrogens with one attached hydrogen (secondary N) is 1. The van der Waals surface area contributed by atoms with Gasteiger partial charge in [0.05, 0.1) is 13.0 Å². The molecule has 1 heterocycles. The van der Waals surface area contributed by atoms with Crippen LogP contribution < -0.4 is 10.2 Å². The first-order valence-electron chi connectivity index (χ1n) is 11.9. The molecule has 0 aliphatic carbocycles. The summed E-state index contributed by atoms with van der Waals surface area (Å²) in [7, 11) is 0. The number of esters is 1. The average Bonchev–Trinajstić information content (AvgIpc) is 2.83. The molecule has 2 aromatic rings. The van der Waals surface area contributed by atoms with Crippen molar-refractivity contribution >= 4 is 29.2 Å². The molecule has 1 aliphatic rings. The van der Waals surface area contributed by atoms with Crippen molar-refractivity contribution in [1.29, 1.82) is 0 Å². The van der Waals surface area contributed by atoms with E-state index in [0.29, 0.717) is 25.4 Å². The first-order chi connectivity index (χ1) is 16.2. The molecule has 0 bridgehead atoms. The number of hydrogen-bond acceptors (Lipinski definition) is 5. The maximum Gasteiger partial charge on any atom is 0.306 e. The molecule has 0 radical (unpaired) electrons. The Morgan fingerprint density at radius 3 is 2.06 bits per heavy atom. The van der Waals surface area contributed by atoms with Crippen LogP contribution in [0, 0.1) is 0 Å². The molecular weight excluding hydrogens is 430 g/mol. The number of rotatable bonds is 7. The predicted molar refractivity (Wildman–Crippen MR) is 134 cm³/mol. The van der Waals surface area contributed by atoms with Gasteiger partial charge in [-0.25, -0.2) is 0 Å². The van der Waals surface area contributed by atoms with E-state index in [1.807, 2.05) is 53.4 Å². The van der Waals surface area contributed by atoms with Crippen molar-refractivity contribution in [2.24, 2.45) is 0 Å². The maximum absolute atomic E-state index is 12.9. The van der Waals surface area contributed by atoms with Gasteiger partial charge in [0.15, 0.2) is 0 Å². The Morgan fingerprint density at radius 2 is 1.50 bits per heavy atom. The second kappa shape index (κ2) is 11.2. The summed E-state index contributed by atoms with van der Waals surface area (Å²) in [6.45, 7) is 11.4. The average molecular weight is 466 g/mol. The second-order valence-corrected chi connectivity index (χ2v) is 9.51. The normalized spacial score (nSPS) is 14.0.